The number of piperazine rings is 1. The van der Waals surface area contributed by atoms with Crippen molar-refractivity contribution in [3.63, 3.8) is 0 Å². The predicted molar refractivity (Wildman–Crippen MR) is 91.7 cm³/mol. The van der Waals surface area contributed by atoms with Crippen molar-refractivity contribution < 1.29 is 27.6 Å². The molecule has 0 aliphatic carbocycles. The SMILES string of the molecule is CC(C)(C)OC(=O)N1CCNCC1c1ccc(C(F)(F)F)c(Cl)c1[N+](=O)[O-]. The number of alkyl halides is 3. The van der Waals surface area contributed by atoms with Gasteiger partial charge in [-0.3, -0.25) is 15.0 Å². The maximum absolute atomic E-state index is 13.1. The molecule has 1 aromatic carbocycles. The number of hydrogen-bond acceptors (Lipinski definition) is 5. The molecule has 0 radical (unpaired) electrons. The molecule has 27 heavy (non-hydrogen) atoms. The zero-order chi connectivity index (χ0) is 20.6. The Morgan fingerprint density at radius 1 is 1.37 bits per heavy atom. The van der Waals surface area contributed by atoms with E-state index in [9.17, 15) is 28.1 Å². The van der Waals surface area contributed by atoms with Crippen LogP contribution in [0.2, 0.25) is 5.02 Å². The van der Waals surface area contributed by atoms with Crippen LogP contribution in [-0.4, -0.2) is 41.2 Å². The molecule has 1 heterocycles. The summed E-state index contributed by atoms with van der Waals surface area (Å²) in [5.74, 6) is 0. The summed E-state index contributed by atoms with van der Waals surface area (Å²) in [6, 6.07) is 0.780. The van der Waals surface area contributed by atoms with E-state index in [0.717, 1.165) is 6.07 Å². The normalized spacial score (nSPS) is 18.3. The van der Waals surface area contributed by atoms with E-state index in [-0.39, 0.29) is 18.7 Å². The van der Waals surface area contributed by atoms with Gasteiger partial charge in [-0.15, -0.1) is 0 Å². The molecule has 1 fully saturated rings. The van der Waals surface area contributed by atoms with Gasteiger partial charge >= 0.3 is 12.3 Å². The minimum atomic E-state index is -4.84. The Morgan fingerprint density at radius 2 is 2.00 bits per heavy atom. The molecule has 7 nitrogen and oxygen atoms in total. The molecule has 1 aliphatic heterocycles. The van der Waals surface area contributed by atoms with E-state index in [1.165, 1.54) is 4.90 Å². The summed E-state index contributed by atoms with van der Waals surface area (Å²) < 4.78 is 44.5. The Morgan fingerprint density at radius 3 is 2.52 bits per heavy atom. The third-order valence-corrected chi connectivity index (χ3v) is 4.25. The third-order valence-electron chi connectivity index (χ3n) is 3.87. The van der Waals surface area contributed by atoms with Crippen molar-refractivity contribution in [1.29, 1.82) is 0 Å². The molecule has 1 aromatic rings. The summed E-state index contributed by atoms with van der Waals surface area (Å²) in [7, 11) is 0. The minimum absolute atomic E-state index is 0.0870. The molecule has 1 amide bonds. The molecule has 2 rings (SSSR count). The van der Waals surface area contributed by atoms with Gasteiger partial charge in [-0.2, -0.15) is 13.2 Å². The average Bonchev–Trinajstić information content (AvgIpc) is 2.51. The molecule has 1 N–H and O–H groups in total. The lowest BCUT2D eigenvalue weighted by molar-refractivity contribution is -0.386. The first-order chi connectivity index (χ1) is 12.3. The second kappa shape index (κ2) is 7.51. The summed E-state index contributed by atoms with van der Waals surface area (Å²) in [4.78, 5) is 24.2. The number of carbonyl (C=O) groups excluding carboxylic acids is 1. The second-order valence-corrected chi connectivity index (χ2v) is 7.39. The third kappa shape index (κ3) is 4.81. The molecule has 1 atom stereocenters. The van der Waals surface area contributed by atoms with Crippen LogP contribution in [-0.2, 0) is 10.9 Å². The largest absolute Gasteiger partial charge is 0.444 e. The number of nitro benzene ring substituents is 1. The Hall–Kier alpha value is -2.07. The van der Waals surface area contributed by atoms with Gasteiger partial charge in [0.15, 0.2) is 0 Å². The van der Waals surface area contributed by atoms with Crippen LogP contribution in [0, 0.1) is 10.1 Å². The molecule has 1 unspecified atom stereocenters. The predicted octanol–water partition coefficient (Wildman–Crippen LogP) is 4.15. The number of ether oxygens (including phenoxy) is 1. The van der Waals surface area contributed by atoms with E-state index in [0.29, 0.717) is 12.6 Å². The first-order valence-electron chi connectivity index (χ1n) is 8.07. The van der Waals surface area contributed by atoms with E-state index >= 15 is 0 Å². The molecule has 0 saturated carbocycles. The molecule has 1 aliphatic rings. The zero-order valence-electron chi connectivity index (χ0n) is 14.9. The van der Waals surface area contributed by atoms with Gasteiger partial charge in [-0.25, -0.2) is 4.79 Å². The summed E-state index contributed by atoms with van der Waals surface area (Å²) in [5.41, 5.74) is -3.05. The molecule has 0 bridgehead atoms. The lowest BCUT2D eigenvalue weighted by Crippen LogP contribution is -2.50. The molecule has 150 valence electrons. The van der Waals surface area contributed by atoms with Crippen molar-refractivity contribution in [3.8, 4) is 0 Å². The maximum Gasteiger partial charge on any atom is 0.418 e. The maximum atomic E-state index is 13.1. The monoisotopic (exact) mass is 409 g/mol. The Kier molecular flexibility index (Phi) is 5.91. The van der Waals surface area contributed by atoms with Crippen LogP contribution in [0.4, 0.5) is 23.7 Å². The van der Waals surface area contributed by atoms with Crippen LogP contribution >= 0.6 is 11.6 Å². The van der Waals surface area contributed by atoms with Crippen LogP contribution in [0.5, 0.6) is 0 Å². The van der Waals surface area contributed by atoms with E-state index in [2.05, 4.69) is 5.32 Å². The highest BCUT2D eigenvalue weighted by Crippen LogP contribution is 2.43. The van der Waals surface area contributed by atoms with Gasteiger partial charge in [0.1, 0.15) is 10.6 Å². The van der Waals surface area contributed by atoms with Crippen molar-refractivity contribution >= 4 is 23.4 Å². The standard InChI is InChI=1S/C16H19ClF3N3O4/c1-15(2,3)27-14(24)22-7-6-21-8-11(22)9-4-5-10(16(18,19)20)12(17)13(9)23(25)26/h4-5,11,21H,6-8H2,1-3H3. The number of carbonyl (C=O) groups is 1. The van der Waals surface area contributed by atoms with Gasteiger partial charge in [0.05, 0.1) is 22.1 Å². The molecule has 0 spiro atoms. The van der Waals surface area contributed by atoms with Crippen LogP contribution in [0.3, 0.4) is 0 Å². The lowest BCUT2D eigenvalue weighted by atomic mass is 9.99. The minimum Gasteiger partial charge on any atom is -0.444 e. The van der Waals surface area contributed by atoms with Crippen LogP contribution in [0.15, 0.2) is 12.1 Å². The van der Waals surface area contributed by atoms with Gasteiger partial charge < -0.3 is 10.1 Å². The van der Waals surface area contributed by atoms with Gasteiger partial charge in [-0.1, -0.05) is 11.6 Å². The molecule has 11 heteroatoms. The number of halogens is 4. The average molecular weight is 410 g/mol. The van der Waals surface area contributed by atoms with Gasteiger partial charge in [-0.05, 0) is 32.9 Å². The fourth-order valence-electron chi connectivity index (χ4n) is 2.77. The van der Waals surface area contributed by atoms with Gasteiger partial charge in [0, 0.05) is 19.6 Å². The van der Waals surface area contributed by atoms with Crippen LogP contribution in [0.25, 0.3) is 0 Å². The Bertz CT molecular complexity index is 750. The van der Waals surface area contributed by atoms with E-state index in [1.54, 1.807) is 20.8 Å². The topological polar surface area (TPSA) is 84.7 Å². The van der Waals surface area contributed by atoms with Crippen molar-refractivity contribution in [2.24, 2.45) is 0 Å². The molecular weight excluding hydrogens is 391 g/mol. The first kappa shape index (κ1) is 21.2. The summed E-state index contributed by atoms with van der Waals surface area (Å²) >= 11 is 5.73. The van der Waals surface area contributed by atoms with Crippen molar-refractivity contribution in [2.45, 2.75) is 38.6 Å². The van der Waals surface area contributed by atoms with E-state index < -0.39 is 45.1 Å². The first-order valence-corrected chi connectivity index (χ1v) is 8.45. The summed E-state index contributed by atoms with van der Waals surface area (Å²) in [5, 5.41) is 13.4. The van der Waals surface area contributed by atoms with E-state index in [4.69, 9.17) is 16.3 Å². The van der Waals surface area contributed by atoms with Crippen molar-refractivity contribution in [1.82, 2.24) is 10.2 Å². The van der Waals surface area contributed by atoms with Crippen LogP contribution in [0.1, 0.15) is 37.9 Å². The highest BCUT2D eigenvalue weighted by atomic mass is 35.5. The number of nitrogens with one attached hydrogen (secondary N) is 1. The number of benzene rings is 1. The number of nitro groups is 1. The molecular formula is C16H19ClF3N3O4. The number of hydrogen-bond donors (Lipinski definition) is 1. The number of nitrogens with zero attached hydrogens (tertiary/aromatic N) is 2. The molecule has 1 saturated heterocycles. The number of amides is 1. The smallest absolute Gasteiger partial charge is 0.418 e. The molecule has 0 aromatic heterocycles. The summed E-state index contributed by atoms with van der Waals surface area (Å²) in [6.45, 7) is 5.70. The quantitative estimate of drug-likeness (QED) is 0.586. The fourth-order valence-corrected chi connectivity index (χ4v) is 3.12. The second-order valence-electron chi connectivity index (χ2n) is 7.01. The van der Waals surface area contributed by atoms with Gasteiger partial charge in [0.2, 0.25) is 0 Å². The highest BCUT2D eigenvalue weighted by molar-refractivity contribution is 6.33. The van der Waals surface area contributed by atoms with Crippen LogP contribution < -0.4 is 5.32 Å². The summed E-state index contributed by atoms with van der Waals surface area (Å²) in [6.07, 6.45) is -5.55. The highest BCUT2D eigenvalue weighted by Gasteiger charge is 2.41. The number of rotatable bonds is 2. The Labute approximate surface area is 158 Å². The van der Waals surface area contributed by atoms with Gasteiger partial charge in [0.25, 0.3) is 5.69 Å². The van der Waals surface area contributed by atoms with Crippen molar-refractivity contribution in [3.05, 3.63) is 38.4 Å². The van der Waals surface area contributed by atoms with E-state index in [1.807, 2.05) is 0 Å². The Balaban J connectivity index is 2.52. The van der Waals surface area contributed by atoms with Crippen molar-refractivity contribution in [2.75, 3.05) is 19.6 Å². The fraction of sp³-hybridized carbons (Fsp3) is 0.562. The zero-order valence-corrected chi connectivity index (χ0v) is 15.6. The lowest BCUT2D eigenvalue weighted by Gasteiger charge is -2.37.